The molecule has 0 aliphatic heterocycles. The number of allylic oxidation sites excluding steroid dienone is 14. The molecule has 0 N–H and O–H groups in total. The zero-order valence-electron chi connectivity index (χ0n) is 53.8. The van der Waals surface area contributed by atoms with Crippen molar-refractivity contribution >= 4 is 17.9 Å². The monoisotopic (exact) mass is 1130 g/mol. The molecular weight excluding hydrogens is 997 g/mol. The molecule has 81 heavy (non-hydrogen) atoms. The van der Waals surface area contributed by atoms with Crippen molar-refractivity contribution in [2.24, 2.45) is 0 Å². The highest BCUT2D eigenvalue weighted by atomic mass is 16.6. The first-order valence-electron chi connectivity index (χ1n) is 35.1. The maximum Gasteiger partial charge on any atom is 0.306 e. The lowest BCUT2D eigenvalue weighted by atomic mass is 10.0. The summed E-state index contributed by atoms with van der Waals surface area (Å²) in [4.78, 5) is 38.3. The van der Waals surface area contributed by atoms with E-state index in [1.54, 1.807) is 0 Å². The fourth-order valence-corrected chi connectivity index (χ4v) is 10.2. The van der Waals surface area contributed by atoms with Crippen LogP contribution in [0.5, 0.6) is 0 Å². The molecule has 0 heterocycles. The largest absolute Gasteiger partial charge is 0.462 e. The lowest BCUT2D eigenvalue weighted by Crippen LogP contribution is -2.30. The van der Waals surface area contributed by atoms with Gasteiger partial charge in [-0.3, -0.25) is 14.4 Å². The van der Waals surface area contributed by atoms with Gasteiger partial charge in [-0.1, -0.05) is 331 Å². The van der Waals surface area contributed by atoms with Crippen LogP contribution in [-0.4, -0.2) is 37.2 Å². The van der Waals surface area contributed by atoms with Crippen molar-refractivity contribution in [1.29, 1.82) is 0 Å². The molecule has 0 spiro atoms. The maximum absolute atomic E-state index is 12.9. The number of rotatable bonds is 64. The Labute approximate surface area is 503 Å². The first-order valence-corrected chi connectivity index (χ1v) is 35.1. The average Bonchev–Trinajstić information content (AvgIpc) is 3.47. The number of unbranched alkanes of at least 4 members (excludes halogenated alkanes) is 39. The Kier molecular flexibility index (Phi) is 66.2. The van der Waals surface area contributed by atoms with Crippen LogP contribution in [-0.2, 0) is 28.6 Å². The van der Waals surface area contributed by atoms with Crippen molar-refractivity contribution < 1.29 is 28.6 Å². The molecule has 0 bridgehead atoms. The molecule has 468 valence electrons. The molecular formula is C75H132O6. The van der Waals surface area contributed by atoms with Gasteiger partial charge in [0.15, 0.2) is 6.10 Å². The van der Waals surface area contributed by atoms with Gasteiger partial charge in [0.25, 0.3) is 0 Å². The second-order valence-corrected chi connectivity index (χ2v) is 23.4. The van der Waals surface area contributed by atoms with Crippen LogP contribution in [0, 0.1) is 0 Å². The Morgan fingerprint density at radius 3 is 0.815 bits per heavy atom. The first kappa shape index (κ1) is 77.6. The smallest absolute Gasteiger partial charge is 0.306 e. The van der Waals surface area contributed by atoms with Gasteiger partial charge in [0, 0.05) is 19.3 Å². The number of carbonyl (C=O) groups is 3. The third-order valence-corrected chi connectivity index (χ3v) is 15.4. The van der Waals surface area contributed by atoms with Crippen molar-refractivity contribution in [2.45, 2.75) is 361 Å². The summed E-state index contributed by atoms with van der Waals surface area (Å²) in [5, 5.41) is 0. The van der Waals surface area contributed by atoms with Crippen LogP contribution < -0.4 is 0 Å². The quantitative estimate of drug-likeness (QED) is 0.0261. The molecule has 1 unspecified atom stereocenters. The Bertz CT molecular complexity index is 1530. The minimum absolute atomic E-state index is 0.0825. The third-order valence-electron chi connectivity index (χ3n) is 15.4. The molecule has 0 rings (SSSR count). The van der Waals surface area contributed by atoms with Gasteiger partial charge >= 0.3 is 17.9 Å². The molecule has 6 heteroatoms. The topological polar surface area (TPSA) is 78.9 Å². The van der Waals surface area contributed by atoms with E-state index in [1.165, 1.54) is 193 Å². The van der Waals surface area contributed by atoms with E-state index in [9.17, 15) is 14.4 Å². The second-order valence-electron chi connectivity index (χ2n) is 23.4. The summed E-state index contributed by atoms with van der Waals surface area (Å²) < 4.78 is 16.9. The summed E-state index contributed by atoms with van der Waals surface area (Å²) in [7, 11) is 0. The Hall–Kier alpha value is -3.41. The predicted molar refractivity (Wildman–Crippen MR) is 353 cm³/mol. The minimum Gasteiger partial charge on any atom is -0.462 e. The van der Waals surface area contributed by atoms with Crippen molar-refractivity contribution in [3.63, 3.8) is 0 Å². The van der Waals surface area contributed by atoms with Crippen LogP contribution in [0.4, 0.5) is 0 Å². The normalized spacial score (nSPS) is 12.6. The molecule has 0 saturated carbocycles. The third kappa shape index (κ3) is 67.3. The van der Waals surface area contributed by atoms with E-state index in [1.807, 2.05) is 0 Å². The molecule has 0 saturated heterocycles. The van der Waals surface area contributed by atoms with Gasteiger partial charge in [-0.05, 0) is 89.9 Å². The summed E-state index contributed by atoms with van der Waals surface area (Å²) in [5.74, 6) is -0.893. The zero-order chi connectivity index (χ0) is 58.5. The number of hydrogen-bond acceptors (Lipinski definition) is 6. The van der Waals surface area contributed by atoms with Gasteiger partial charge in [-0.15, -0.1) is 0 Å². The number of ether oxygens (including phenoxy) is 3. The van der Waals surface area contributed by atoms with Crippen molar-refractivity contribution in [1.82, 2.24) is 0 Å². The molecule has 6 nitrogen and oxygen atoms in total. The number of hydrogen-bond donors (Lipinski definition) is 0. The minimum atomic E-state index is -0.788. The number of esters is 3. The molecule has 0 aromatic rings. The first-order chi connectivity index (χ1) is 40.0. The lowest BCUT2D eigenvalue weighted by molar-refractivity contribution is -0.167. The van der Waals surface area contributed by atoms with Crippen molar-refractivity contribution in [3.05, 3.63) is 85.1 Å². The summed E-state index contributed by atoms with van der Waals surface area (Å²) in [6, 6.07) is 0. The molecule has 0 aliphatic carbocycles. The van der Waals surface area contributed by atoms with E-state index in [0.717, 1.165) is 122 Å². The van der Waals surface area contributed by atoms with E-state index in [-0.39, 0.29) is 31.1 Å². The van der Waals surface area contributed by atoms with Gasteiger partial charge in [0.1, 0.15) is 13.2 Å². The van der Waals surface area contributed by atoms with Crippen LogP contribution >= 0.6 is 0 Å². The highest BCUT2D eigenvalue weighted by molar-refractivity contribution is 5.71. The summed E-state index contributed by atoms with van der Waals surface area (Å²) in [6.07, 6.45) is 92.0. The van der Waals surface area contributed by atoms with E-state index in [4.69, 9.17) is 14.2 Å². The Morgan fingerprint density at radius 1 is 0.259 bits per heavy atom. The van der Waals surface area contributed by atoms with E-state index >= 15 is 0 Å². The summed E-state index contributed by atoms with van der Waals surface area (Å²) in [5.41, 5.74) is 0. The van der Waals surface area contributed by atoms with E-state index < -0.39 is 6.10 Å². The van der Waals surface area contributed by atoms with Crippen LogP contribution in [0.3, 0.4) is 0 Å². The van der Waals surface area contributed by atoms with Gasteiger partial charge in [0.05, 0.1) is 0 Å². The molecule has 0 aromatic heterocycles. The Balaban J connectivity index is 4.20. The van der Waals surface area contributed by atoms with E-state index in [2.05, 4.69) is 106 Å². The number of carbonyl (C=O) groups excluding carboxylic acids is 3. The zero-order valence-corrected chi connectivity index (χ0v) is 53.8. The summed E-state index contributed by atoms with van der Waals surface area (Å²) >= 11 is 0. The van der Waals surface area contributed by atoms with E-state index in [0.29, 0.717) is 19.3 Å². The SMILES string of the molecule is CC/C=C\C/C=C\C/C=C\C/C=C\C/C=C\C/C=C\CCCCCCCCC(=O)OC(COC(=O)CCCCCCC/C=C\CCC)COC(=O)CCCCCCCCCCCCCCCCCCCCCCCCCCCCCC. The average molecular weight is 1130 g/mol. The molecule has 0 amide bonds. The Morgan fingerprint density at radius 2 is 0.506 bits per heavy atom. The standard InChI is InChI=1S/C75H132O6/c1-4-7-10-13-16-19-22-24-26-28-30-32-34-36-37-38-40-41-43-45-47-49-51-53-56-59-62-65-68-74(77)80-71-72(70-79-73(76)67-64-61-58-55-21-18-15-12-9-6-3)81-75(78)69-66-63-60-57-54-52-50-48-46-44-42-39-35-33-31-29-27-25-23-20-17-14-11-8-5-2/h8,11-12,15,17,20,25,27,31,33,39,42,46,48,72H,4-7,9-10,13-14,16,18-19,21-24,26,28-30,32,34-38,40-41,43-45,47,49-71H2,1-3H3/b11-8-,15-12-,20-17-,27-25-,33-31-,42-39-,48-46-. The fraction of sp³-hybridized carbons (Fsp3) is 0.773. The molecule has 0 radical (unpaired) electrons. The molecule has 0 aromatic carbocycles. The van der Waals surface area contributed by atoms with Gasteiger partial charge < -0.3 is 14.2 Å². The summed E-state index contributed by atoms with van der Waals surface area (Å²) in [6.45, 7) is 6.49. The fourth-order valence-electron chi connectivity index (χ4n) is 10.2. The van der Waals surface area contributed by atoms with Crippen molar-refractivity contribution in [3.8, 4) is 0 Å². The maximum atomic E-state index is 12.9. The van der Waals surface area contributed by atoms with Gasteiger partial charge in [-0.2, -0.15) is 0 Å². The second kappa shape index (κ2) is 69.1. The van der Waals surface area contributed by atoms with Gasteiger partial charge in [0.2, 0.25) is 0 Å². The van der Waals surface area contributed by atoms with Crippen LogP contribution in [0.1, 0.15) is 355 Å². The molecule has 0 aliphatic rings. The van der Waals surface area contributed by atoms with Crippen LogP contribution in [0.25, 0.3) is 0 Å². The molecule has 0 fully saturated rings. The van der Waals surface area contributed by atoms with Crippen LogP contribution in [0.15, 0.2) is 85.1 Å². The van der Waals surface area contributed by atoms with Crippen molar-refractivity contribution in [2.75, 3.05) is 13.2 Å². The molecule has 1 atom stereocenters. The van der Waals surface area contributed by atoms with Gasteiger partial charge in [-0.25, -0.2) is 0 Å². The highest BCUT2D eigenvalue weighted by Crippen LogP contribution is 2.18. The highest BCUT2D eigenvalue weighted by Gasteiger charge is 2.19. The lowest BCUT2D eigenvalue weighted by Gasteiger charge is -2.18. The van der Waals surface area contributed by atoms with Crippen LogP contribution in [0.2, 0.25) is 0 Å². The predicted octanol–water partition coefficient (Wildman–Crippen LogP) is 24.2.